The lowest BCUT2D eigenvalue weighted by molar-refractivity contribution is -0.137. The lowest BCUT2D eigenvalue weighted by Gasteiger charge is -2.08. The van der Waals surface area contributed by atoms with Crippen molar-refractivity contribution in [2.75, 3.05) is 6.54 Å². The highest BCUT2D eigenvalue weighted by atomic mass is 32.2. The number of aliphatic carboxylic acids is 1. The average molecular weight is 223 g/mol. The van der Waals surface area contributed by atoms with Gasteiger partial charge < -0.3 is 5.11 Å². The van der Waals surface area contributed by atoms with Crippen LogP contribution in [0.1, 0.15) is 33.1 Å². The van der Waals surface area contributed by atoms with Crippen molar-refractivity contribution in [1.82, 2.24) is 4.72 Å². The number of hydrogen-bond acceptors (Lipinski definition) is 3. The summed E-state index contributed by atoms with van der Waals surface area (Å²) in [6, 6.07) is 0. The van der Waals surface area contributed by atoms with Crippen molar-refractivity contribution in [3.63, 3.8) is 0 Å². The Kier molecular flexibility index (Phi) is 5.71. The summed E-state index contributed by atoms with van der Waals surface area (Å²) >= 11 is 0. The third-order valence-electron chi connectivity index (χ3n) is 1.74. The summed E-state index contributed by atoms with van der Waals surface area (Å²) in [5.74, 6) is -0.850. The molecule has 0 unspecified atom stereocenters. The predicted octanol–water partition coefficient (Wildman–Crippen LogP) is 0.569. The van der Waals surface area contributed by atoms with Crippen LogP contribution in [0, 0.1) is 0 Å². The van der Waals surface area contributed by atoms with Crippen molar-refractivity contribution >= 4 is 16.0 Å². The van der Waals surface area contributed by atoms with Crippen LogP contribution < -0.4 is 4.72 Å². The second kappa shape index (κ2) is 5.98. The smallest absolute Gasteiger partial charge is 0.303 e. The van der Waals surface area contributed by atoms with Crippen molar-refractivity contribution in [2.45, 2.75) is 38.4 Å². The van der Waals surface area contributed by atoms with E-state index in [2.05, 4.69) is 4.72 Å². The molecule has 0 aliphatic heterocycles. The van der Waals surface area contributed by atoms with Crippen LogP contribution in [0.2, 0.25) is 0 Å². The highest BCUT2D eigenvalue weighted by Crippen LogP contribution is 1.98. The number of unbranched alkanes of at least 4 members (excludes halogenated alkanes) is 1. The van der Waals surface area contributed by atoms with Gasteiger partial charge in [-0.15, -0.1) is 0 Å². The van der Waals surface area contributed by atoms with Gasteiger partial charge in [0.25, 0.3) is 0 Å². The summed E-state index contributed by atoms with van der Waals surface area (Å²) in [6.07, 6.45) is 1.14. The highest BCUT2D eigenvalue weighted by molar-refractivity contribution is 7.90. The van der Waals surface area contributed by atoms with Gasteiger partial charge in [-0.25, -0.2) is 13.1 Å². The standard InChI is InChI=1S/C8H17NO4S/c1-7(2)14(12,13)9-6-4-3-5-8(10)11/h7,9H,3-6H2,1-2H3,(H,10,11). The van der Waals surface area contributed by atoms with Crippen molar-refractivity contribution < 1.29 is 18.3 Å². The molecule has 0 aliphatic rings. The molecule has 2 N–H and O–H groups in total. The molecular weight excluding hydrogens is 206 g/mol. The lowest BCUT2D eigenvalue weighted by Crippen LogP contribution is -2.31. The fourth-order valence-corrected chi connectivity index (χ4v) is 1.54. The van der Waals surface area contributed by atoms with Crippen LogP contribution in [0.15, 0.2) is 0 Å². The summed E-state index contributed by atoms with van der Waals surface area (Å²) in [5.41, 5.74) is 0. The zero-order chi connectivity index (χ0) is 11.2. The quantitative estimate of drug-likeness (QED) is 0.618. The Labute approximate surface area is 84.6 Å². The van der Waals surface area contributed by atoms with E-state index in [-0.39, 0.29) is 6.42 Å². The molecule has 84 valence electrons. The van der Waals surface area contributed by atoms with Gasteiger partial charge in [0.1, 0.15) is 0 Å². The van der Waals surface area contributed by atoms with Gasteiger partial charge in [-0.1, -0.05) is 0 Å². The highest BCUT2D eigenvalue weighted by Gasteiger charge is 2.13. The van der Waals surface area contributed by atoms with E-state index in [1.165, 1.54) is 0 Å². The fourth-order valence-electron chi connectivity index (χ4n) is 0.782. The number of carboxylic acids is 1. The molecule has 0 radical (unpaired) electrons. The molecule has 0 saturated carbocycles. The van der Waals surface area contributed by atoms with Gasteiger partial charge in [0.2, 0.25) is 10.0 Å². The van der Waals surface area contributed by atoms with E-state index in [1.54, 1.807) is 13.8 Å². The molecule has 0 aromatic rings. The Morgan fingerprint density at radius 2 is 1.93 bits per heavy atom. The first kappa shape index (κ1) is 13.4. The third kappa shape index (κ3) is 5.93. The average Bonchev–Trinajstić information content (AvgIpc) is 2.02. The number of rotatable bonds is 7. The van der Waals surface area contributed by atoms with Gasteiger partial charge in [-0.05, 0) is 26.7 Å². The van der Waals surface area contributed by atoms with Crippen LogP contribution in [0.3, 0.4) is 0 Å². The van der Waals surface area contributed by atoms with Gasteiger partial charge in [0.05, 0.1) is 5.25 Å². The van der Waals surface area contributed by atoms with Gasteiger partial charge in [-0.2, -0.15) is 0 Å². The number of sulfonamides is 1. The predicted molar refractivity (Wildman–Crippen MR) is 53.5 cm³/mol. The topological polar surface area (TPSA) is 83.5 Å². The minimum absolute atomic E-state index is 0.0867. The van der Waals surface area contributed by atoms with E-state index in [1.807, 2.05) is 0 Å². The van der Waals surface area contributed by atoms with Crippen molar-refractivity contribution in [3.05, 3.63) is 0 Å². The number of hydrogen-bond donors (Lipinski definition) is 2. The summed E-state index contributed by atoms with van der Waals surface area (Å²) in [4.78, 5) is 10.1. The molecule has 0 saturated heterocycles. The first-order chi connectivity index (χ1) is 6.36. The summed E-state index contributed by atoms with van der Waals surface area (Å²) in [5, 5.41) is 7.88. The van der Waals surface area contributed by atoms with Crippen LogP contribution in [0.25, 0.3) is 0 Å². The molecule has 0 fully saturated rings. The maximum absolute atomic E-state index is 11.2. The summed E-state index contributed by atoms with van der Waals surface area (Å²) in [6.45, 7) is 3.51. The first-order valence-electron chi connectivity index (χ1n) is 4.56. The Morgan fingerprint density at radius 3 is 2.36 bits per heavy atom. The zero-order valence-electron chi connectivity index (χ0n) is 8.49. The van der Waals surface area contributed by atoms with Crippen molar-refractivity contribution in [3.8, 4) is 0 Å². The molecule has 0 atom stereocenters. The molecule has 0 rings (SSSR count). The number of carbonyl (C=O) groups is 1. The zero-order valence-corrected chi connectivity index (χ0v) is 9.30. The van der Waals surface area contributed by atoms with Gasteiger partial charge in [0.15, 0.2) is 0 Å². The van der Waals surface area contributed by atoms with Crippen molar-refractivity contribution in [1.29, 1.82) is 0 Å². The van der Waals surface area contributed by atoms with E-state index in [0.29, 0.717) is 19.4 Å². The molecule has 5 nitrogen and oxygen atoms in total. The van der Waals surface area contributed by atoms with Gasteiger partial charge in [0, 0.05) is 13.0 Å². The Morgan fingerprint density at radius 1 is 1.36 bits per heavy atom. The fraction of sp³-hybridized carbons (Fsp3) is 0.875. The minimum atomic E-state index is -3.20. The van der Waals surface area contributed by atoms with Crippen LogP contribution >= 0.6 is 0 Å². The van der Waals surface area contributed by atoms with Crippen LogP contribution in [0.5, 0.6) is 0 Å². The summed E-state index contributed by atoms with van der Waals surface area (Å²) in [7, 11) is -3.20. The molecule has 14 heavy (non-hydrogen) atoms. The third-order valence-corrected chi connectivity index (χ3v) is 3.59. The lowest BCUT2D eigenvalue weighted by atomic mass is 10.2. The molecule has 0 amide bonds. The Balaban J connectivity index is 3.60. The van der Waals surface area contributed by atoms with Crippen LogP contribution in [0.4, 0.5) is 0 Å². The van der Waals surface area contributed by atoms with Crippen molar-refractivity contribution in [2.24, 2.45) is 0 Å². The van der Waals surface area contributed by atoms with Crippen LogP contribution in [-0.2, 0) is 14.8 Å². The molecule has 0 heterocycles. The van der Waals surface area contributed by atoms with E-state index >= 15 is 0 Å². The van der Waals surface area contributed by atoms with E-state index in [0.717, 1.165) is 0 Å². The van der Waals surface area contributed by atoms with Gasteiger partial charge in [-0.3, -0.25) is 4.79 Å². The largest absolute Gasteiger partial charge is 0.481 e. The molecule has 6 heteroatoms. The maximum Gasteiger partial charge on any atom is 0.303 e. The Hall–Kier alpha value is -0.620. The maximum atomic E-state index is 11.2. The molecular formula is C8H17NO4S. The molecule has 0 aromatic heterocycles. The van der Waals surface area contributed by atoms with Crippen LogP contribution in [-0.4, -0.2) is 31.3 Å². The minimum Gasteiger partial charge on any atom is -0.481 e. The van der Waals surface area contributed by atoms with E-state index < -0.39 is 21.2 Å². The van der Waals surface area contributed by atoms with E-state index in [4.69, 9.17) is 5.11 Å². The number of nitrogens with one attached hydrogen (secondary N) is 1. The normalized spacial score (nSPS) is 11.9. The van der Waals surface area contributed by atoms with E-state index in [9.17, 15) is 13.2 Å². The molecule has 0 aromatic carbocycles. The molecule has 0 aliphatic carbocycles. The molecule has 0 spiro atoms. The second-order valence-corrected chi connectivity index (χ2v) is 5.66. The first-order valence-corrected chi connectivity index (χ1v) is 6.11. The monoisotopic (exact) mass is 223 g/mol. The second-order valence-electron chi connectivity index (χ2n) is 3.34. The number of carboxylic acid groups (broad SMARTS) is 1. The Bertz CT molecular complexity index is 271. The van der Waals surface area contributed by atoms with Gasteiger partial charge >= 0.3 is 5.97 Å². The SMILES string of the molecule is CC(C)S(=O)(=O)NCCCCC(=O)O. The summed E-state index contributed by atoms with van der Waals surface area (Å²) < 4.78 is 24.8. The molecule has 0 bridgehead atoms.